The number of nitrogens with one attached hydrogen (secondary N) is 1. The molecule has 1 saturated heterocycles. The predicted molar refractivity (Wildman–Crippen MR) is 115 cm³/mol. The standard InChI is InChI=1S/C21H31ClN4O3/c1-3-23-21(24-10-5-4-9-20(28)29-2)26-13-11-25(12-14-26)19(27)16-17-7-6-8-18(22)15-17/h6-8,15H,3-5,9-14,16H2,1-2H3,(H,23,24). The Morgan fingerprint density at radius 2 is 1.90 bits per heavy atom. The number of halogens is 1. The molecule has 160 valence electrons. The van der Waals surface area contributed by atoms with E-state index in [1.54, 1.807) is 0 Å². The highest BCUT2D eigenvalue weighted by molar-refractivity contribution is 6.30. The fourth-order valence-electron chi connectivity index (χ4n) is 3.19. The molecule has 1 heterocycles. The maximum absolute atomic E-state index is 12.6. The number of carbonyl (C=O) groups excluding carboxylic acids is 2. The van der Waals surface area contributed by atoms with E-state index in [0.29, 0.717) is 37.5 Å². The Morgan fingerprint density at radius 1 is 1.17 bits per heavy atom. The third-order valence-corrected chi connectivity index (χ3v) is 5.02. The maximum atomic E-state index is 12.6. The number of hydrogen-bond donors (Lipinski definition) is 1. The molecule has 1 amide bonds. The van der Waals surface area contributed by atoms with Gasteiger partial charge in [-0.1, -0.05) is 23.7 Å². The number of hydrogen-bond acceptors (Lipinski definition) is 4. The molecule has 2 rings (SSSR count). The number of methoxy groups -OCH3 is 1. The van der Waals surface area contributed by atoms with E-state index in [-0.39, 0.29) is 11.9 Å². The molecule has 1 aromatic carbocycles. The fraction of sp³-hybridized carbons (Fsp3) is 0.571. The van der Waals surface area contributed by atoms with Crippen LogP contribution in [-0.2, 0) is 20.7 Å². The van der Waals surface area contributed by atoms with Gasteiger partial charge in [-0.25, -0.2) is 0 Å². The Labute approximate surface area is 178 Å². The first-order valence-corrected chi connectivity index (χ1v) is 10.5. The summed E-state index contributed by atoms with van der Waals surface area (Å²) in [5.41, 5.74) is 0.937. The van der Waals surface area contributed by atoms with Gasteiger partial charge in [0.1, 0.15) is 0 Å². The van der Waals surface area contributed by atoms with Crippen LogP contribution in [0.4, 0.5) is 0 Å². The molecule has 0 bridgehead atoms. The summed E-state index contributed by atoms with van der Waals surface area (Å²) in [5.74, 6) is 0.809. The lowest BCUT2D eigenvalue weighted by atomic mass is 10.1. The highest BCUT2D eigenvalue weighted by atomic mass is 35.5. The van der Waals surface area contributed by atoms with E-state index in [0.717, 1.165) is 44.0 Å². The van der Waals surface area contributed by atoms with Gasteiger partial charge in [0.15, 0.2) is 5.96 Å². The average Bonchev–Trinajstić information content (AvgIpc) is 2.72. The maximum Gasteiger partial charge on any atom is 0.305 e. The van der Waals surface area contributed by atoms with Crippen molar-refractivity contribution in [2.75, 3.05) is 46.4 Å². The molecule has 0 saturated carbocycles. The molecule has 7 nitrogen and oxygen atoms in total. The SMILES string of the molecule is CCNC(=NCCCCC(=O)OC)N1CCN(C(=O)Cc2cccc(Cl)c2)CC1. The largest absolute Gasteiger partial charge is 0.469 e. The van der Waals surface area contributed by atoms with Crippen molar-refractivity contribution in [3.63, 3.8) is 0 Å². The number of benzene rings is 1. The van der Waals surface area contributed by atoms with Crippen molar-refractivity contribution in [2.45, 2.75) is 32.6 Å². The molecule has 0 aromatic heterocycles. The van der Waals surface area contributed by atoms with Crippen molar-refractivity contribution < 1.29 is 14.3 Å². The van der Waals surface area contributed by atoms with Gasteiger partial charge in [0, 0.05) is 50.7 Å². The Morgan fingerprint density at radius 3 is 2.55 bits per heavy atom. The van der Waals surface area contributed by atoms with Gasteiger partial charge in [0.2, 0.25) is 5.91 Å². The Bertz CT molecular complexity index is 703. The molecule has 0 radical (unpaired) electrons. The molecular weight excluding hydrogens is 392 g/mol. The van der Waals surface area contributed by atoms with Gasteiger partial charge >= 0.3 is 5.97 Å². The molecule has 8 heteroatoms. The van der Waals surface area contributed by atoms with Gasteiger partial charge in [0.25, 0.3) is 0 Å². The van der Waals surface area contributed by atoms with Crippen LogP contribution in [0, 0.1) is 0 Å². The van der Waals surface area contributed by atoms with Crippen LogP contribution in [0.1, 0.15) is 31.7 Å². The number of piperazine rings is 1. The van der Waals surface area contributed by atoms with Crippen LogP contribution in [-0.4, -0.2) is 74.0 Å². The molecule has 1 fully saturated rings. The predicted octanol–water partition coefficient (Wildman–Crippen LogP) is 2.34. The number of nitrogens with zero attached hydrogens (tertiary/aromatic N) is 3. The van der Waals surface area contributed by atoms with Crippen LogP contribution in [0.25, 0.3) is 0 Å². The minimum Gasteiger partial charge on any atom is -0.469 e. The first-order chi connectivity index (χ1) is 14.0. The first-order valence-electron chi connectivity index (χ1n) is 10.2. The molecule has 1 N–H and O–H groups in total. The van der Waals surface area contributed by atoms with E-state index in [1.807, 2.05) is 36.1 Å². The highest BCUT2D eigenvalue weighted by Crippen LogP contribution is 2.13. The molecule has 0 spiro atoms. The number of esters is 1. The molecule has 29 heavy (non-hydrogen) atoms. The monoisotopic (exact) mass is 422 g/mol. The van der Waals surface area contributed by atoms with E-state index in [2.05, 4.69) is 19.9 Å². The van der Waals surface area contributed by atoms with Gasteiger partial charge in [-0.15, -0.1) is 0 Å². The van der Waals surface area contributed by atoms with E-state index < -0.39 is 0 Å². The number of carbonyl (C=O) groups is 2. The molecule has 1 aliphatic rings. The topological polar surface area (TPSA) is 74.2 Å². The molecule has 1 aromatic rings. The lowest BCUT2D eigenvalue weighted by Gasteiger charge is -2.36. The summed E-state index contributed by atoms with van der Waals surface area (Å²) in [7, 11) is 1.41. The third kappa shape index (κ3) is 7.93. The van der Waals surface area contributed by atoms with Gasteiger partial charge in [-0.2, -0.15) is 0 Å². The Kier molecular flexibility index (Phi) is 9.77. The molecule has 0 atom stereocenters. The lowest BCUT2D eigenvalue weighted by molar-refractivity contribution is -0.140. The first kappa shape index (κ1) is 23.0. The van der Waals surface area contributed by atoms with Crippen LogP contribution in [0.2, 0.25) is 5.02 Å². The summed E-state index contributed by atoms with van der Waals surface area (Å²) in [6.45, 7) is 6.32. The van der Waals surface area contributed by atoms with Crippen LogP contribution in [0.3, 0.4) is 0 Å². The van der Waals surface area contributed by atoms with Crippen LogP contribution >= 0.6 is 11.6 Å². The van der Waals surface area contributed by atoms with Gasteiger partial charge in [-0.05, 0) is 37.5 Å². The van der Waals surface area contributed by atoms with E-state index >= 15 is 0 Å². The number of unbranched alkanes of at least 4 members (excludes halogenated alkanes) is 1. The summed E-state index contributed by atoms with van der Waals surface area (Å²) < 4.78 is 4.65. The zero-order valence-electron chi connectivity index (χ0n) is 17.3. The number of rotatable bonds is 8. The van der Waals surface area contributed by atoms with E-state index in [9.17, 15) is 9.59 Å². The quantitative estimate of drug-likeness (QED) is 0.301. The molecule has 0 unspecified atom stereocenters. The molecular formula is C21H31ClN4O3. The Hall–Kier alpha value is -2.28. The van der Waals surface area contributed by atoms with Crippen LogP contribution < -0.4 is 5.32 Å². The Balaban J connectivity index is 1.80. The highest BCUT2D eigenvalue weighted by Gasteiger charge is 2.23. The summed E-state index contributed by atoms with van der Waals surface area (Å²) in [6, 6.07) is 7.45. The van der Waals surface area contributed by atoms with E-state index in [1.165, 1.54) is 7.11 Å². The second kappa shape index (κ2) is 12.3. The lowest BCUT2D eigenvalue weighted by Crippen LogP contribution is -2.54. The normalized spacial score (nSPS) is 14.7. The summed E-state index contributed by atoms with van der Waals surface area (Å²) in [5, 5.41) is 3.97. The molecule has 0 aliphatic carbocycles. The van der Waals surface area contributed by atoms with Crippen LogP contribution in [0.5, 0.6) is 0 Å². The van der Waals surface area contributed by atoms with Crippen molar-refractivity contribution in [2.24, 2.45) is 4.99 Å². The average molecular weight is 423 g/mol. The van der Waals surface area contributed by atoms with Crippen molar-refractivity contribution in [1.82, 2.24) is 15.1 Å². The van der Waals surface area contributed by atoms with Gasteiger partial charge < -0.3 is 19.9 Å². The summed E-state index contributed by atoms with van der Waals surface area (Å²) >= 11 is 6.01. The second-order valence-electron chi connectivity index (χ2n) is 6.94. The van der Waals surface area contributed by atoms with E-state index in [4.69, 9.17) is 11.6 Å². The van der Waals surface area contributed by atoms with Gasteiger partial charge in [-0.3, -0.25) is 14.6 Å². The summed E-state index contributed by atoms with van der Waals surface area (Å²) in [6.07, 6.45) is 2.40. The smallest absolute Gasteiger partial charge is 0.305 e. The number of guanidine groups is 1. The van der Waals surface area contributed by atoms with Gasteiger partial charge in [0.05, 0.1) is 13.5 Å². The van der Waals surface area contributed by atoms with Crippen molar-refractivity contribution >= 4 is 29.4 Å². The zero-order valence-corrected chi connectivity index (χ0v) is 18.1. The number of amides is 1. The summed E-state index contributed by atoms with van der Waals surface area (Å²) in [4.78, 5) is 32.5. The second-order valence-corrected chi connectivity index (χ2v) is 7.38. The number of ether oxygens (including phenoxy) is 1. The minimum absolute atomic E-state index is 0.122. The molecule has 1 aliphatic heterocycles. The fourth-order valence-corrected chi connectivity index (χ4v) is 3.41. The third-order valence-electron chi connectivity index (χ3n) is 4.79. The zero-order chi connectivity index (χ0) is 21.1. The minimum atomic E-state index is -0.181. The van der Waals surface area contributed by atoms with Crippen molar-refractivity contribution in [3.8, 4) is 0 Å². The van der Waals surface area contributed by atoms with Crippen LogP contribution in [0.15, 0.2) is 29.3 Å². The van der Waals surface area contributed by atoms with Crippen molar-refractivity contribution in [3.05, 3.63) is 34.9 Å². The number of aliphatic imine (C=N–C) groups is 1. The van der Waals surface area contributed by atoms with Crippen molar-refractivity contribution in [1.29, 1.82) is 0 Å².